The van der Waals surface area contributed by atoms with E-state index in [0.717, 1.165) is 24.5 Å². The molecule has 0 aliphatic heterocycles. The average Bonchev–Trinajstić information content (AvgIpc) is 2.88. The molecular formula is C14H24N6. The van der Waals surface area contributed by atoms with E-state index >= 15 is 0 Å². The Kier molecular flexibility index (Phi) is 4.54. The Morgan fingerprint density at radius 2 is 2.05 bits per heavy atom. The quantitative estimate of drug-likeness (QED) is 0.867. The van der Waals surface area contributed by atoms with E-state index in [1.165, 1.54) is 11.3 Å². The molecule has 0 saturated carbocycles. The molecule has 0 unspecified atom stereocenters. The fraction of sp³-hybridized carbons (Fsp3) is 0.643. The van der Waals surface area contributed by atoms with Crippen molar-refractivity contribution in [2.24, 2.45) is 13.0 Å². The summed E-state index contributed by atoms with van der Waals surface area (Å²) in [4.78, 5) is 0. The van der Waals surface area contributed by atoms with Gasteiger partial charge in [0.1, 0.15) is 5.69 Å². The zero-order chi connectivity index (χ0) is 14.7. The van der Waals surface area contributed by atoms with Crippen LogP contribution in [0.3, 0.4) is 0 Å². The van der Waals surface area contributed by atoms with E-state index in [4.69, 9.17) is 0 Å². The Morgan fingerprint density at radius 1 is 1.30 bits per heavy atom. The summed E-state index contributed by atoms with van der Waals surface area (Å²) in [6.45, 7) is 11.2. The van der Waals surface area contributed by atoms with Gasteiger partial charge >= 0.3 is 0 Å². The van der Waals surface area contributed by atoms with Gasteiger partial charge in [-0.3, -0.25) is 9.36 Å². The van der Waals surface area contributed by atoms with E-state index < -0.39 is 0 Å². The van der Waals surface area contributed by atoms with Crippen LogP contribution in [0.2, 0.25) is 0 Å². The summed E-state index contributed by atoms with van der Waals surface area (Å²) in [7, 11) is 1.87. The molecule has 0 atom stereocenters. The van der Waals surface area contributed by atoms with E-state index in [2.05, 4.69) is 48.4 Å². The maximum Gasteiger partial charge on any atom is 0.104 e. The van der Waals surface area contributed by atoms with Gasteiger partial charge in [0.15, 0.2) is 0 Å². The molecule has 2 heterocycles. The summed E-state index contributed by atoms with van der Waals surface area (Å²) in [5.74, 6) is 0.658. The van der Waals surface area contributed by atoms with E-state index in [0.29, 0.717) is 12.5 Å². The molecule has 0 amide bonds. The van der Waals surface area contributed by atoms with Crippen LogP contribution in [0.4, 0.5) is 0 Å². The third-order valence-electron chi connectivity index (χ3n) is 3.35. The second kappa shape index (κ2) is 6.17. The highest BCUT2D eigenvalue weighted by molar-refractivity contribution is 5.24. The minimum absolute atomic E-state index is 0.658. The Balaban J connectivity index is 2.08. The van der Waals surface area contributed by atoms with Crippen LogP contribution < -0.4 is 5.32 Å². The molecule has 0 aliphatic rings. The van der Waals surface area contributed by atoms with Crippen LogP contribution in [0.5, 0.6) is 0 Å². The molecule has 1 N–H and O–H groups in total. The molecule has 0 saturated heterocycles. The number of aryl methyl sites for hydroxylation is 2. The van der Waals surface area contributed by atoms with E-state index in [1.54, 1.807) is 4.68 Å². The van der Waals surface area contributed by atoms with Crippen molar-refractivity contribution in [3.05, 3.63) is 28.8 Å². The van der Waals surface area contributed by atoms with E-state index in [1.807, 2.05) is 17.9 Å². The maximum atomic E-state index is 4.61. The summed E-state index contributed by atoms with van der Waals surface area (Å²) in [6, 6.07) is 0. The maximum absolute atomic E-state index is 4.61. The first-order chi connectivity index (χ1) is 9.47. The molecule has 6 heteroatoms. The molecule has 0 bridgehead atoms. The van der Waals surface area contributed by atoms with Crippen molar-refractivity contribution in [3.63, 3.8) is 0 Å². The predicted molar refractivity (Wildman–Crippen MR) is 78.4 cm³/mol. The van der Waals surface area contributed by atoms with Crippen molar-refractivity contribution in [2.75, 3.05) is 6.54 Å². The van der Waals surface area contributed by atoms with Gasteiger partial charge in [-0.25, -0.2) is 0 Å². The molecule has 2 aromatic rings. The topological polar surface area (TPSA) is 60.6 Å². The summed E-state index contributed by atoms with van der Waals surface area (Å²) in [6.07, 6.45) is 1.92. The highest BCUT2D eigenvalue weighted by atomic mass is 15.4. The van der Waals surface area contributed by atoms with Gasteiger partial charge in [0.25, 0.3) is 0 Å². The lowest BCUT2D eigenvalue weighted by Crippen LogP contribution is -2.19. The van der Waals surface area contributed by atoms with Crippen LogP contribution in [-0.4, -0.2) is 31.3 Å². The number of nitrogens with one attached hydrogen (secondary N) is 1. The highest BCUT2D eigenvalue weighted by Crippen LogP contribution is 2.14. The monoisotopic (exact) mass is 276 g/mol. The molecule has 6 nitrogen and oxygen atoms in total. The standard InChI is InChI=1S/C14H24N6/c1-10(2)6-15-7-14-11(3)17-20(12(14)4)9-13-8-19(5)18-16-13/h8,10,15H,6-7,9H2,1-5H3. The fourth-order valence-corrected chi connectivity index (χ4v) is 2.25. The normalized spacial score (nSPS) is 11.5. The van der Waals surface area contributed by atoms with Crippen molar-refractivity contribution in [1.82, 2.24) is 30.1 Å². The van der Waals surface area contributed by atoms with Crippen LogP contribution in [0.25, 0.3) is 0 Å². The molecule has 0 fully saturated rings. The minimum atomic E-state index is 0.658. The van der Waals surface area contributed by atoms with Gasteiger partial charge in [-0.2, -0.15) is 5.10 Å². The summed E-state index contributed by atoms with van der Waals surface area (Å²) >= 11 is 0. The van der Waals surface area contributed by atoms with Crippen molar-refractivity contribution >= 4 is 0 Å². The van der Waals surface area contributed by atoms with Crippen LogP contribution in [0.1, 0.15) is 36.5 Å². The van der Waals surface area contributed by atoms with Gasteiger partial charge in [0, 0.05) is 31.0 Å². The fourth-order valence-electron chi connectivity index (χ4n) is 2.25. The minimum Gasteiger partial charge on any atom is -0.312 e. The summed E-state index contributed by atoms with van der Waals surface area (Å²) in [5.41, 5.74) is 4.50. The van der Waals surface area contributed by atoms with Gasteiger partial charge < -0.3 is 5.32 Å². The van der Waals surface area contributed by atoms with Crippen LogP contribution in [-0.2, 0) is 20.1 Å². The molecule has 0 radical (unpaired) electrons. The van der Waals surface area contributed by atoms with E-state index in [-0.39, 0.29) is 0 Å². The molecule has 20 heavy (non-hydrogen) atoms. The zero-order valence-electron chi connectivity index (χ0n) is 13.0. The van der Waals surface area contributed by atoms with Gasteiger partial charge in [0.05, 0.1) is 12.2 Å². The second-order valence-electron chi connectivity index (χ2n) is 5.72. The Hall–Kier alpha value is -1.69. The number of aromatic nitrogens is 5. The van der Waals surface area contributed by atoms with E-state index in [9.17, 15) is 0 Å². The van der Waals surface area contributed by atoms with Gasteiger partial charge in [-0.1, -0.05) is 19.1 Å². The highest BCUT2D eigenvalue weighted by Gasteiger charge is 2.12. The Morgan fingerprint density at radius 3 is 2.65 bits per heavy atom. The molecule has 0 aromatic carbocycles. The van der Waals surface area contributed by atoms with Gasteiger partial charge in [-0.15, -0.1) is 5.10 Å². The first-order valence-electron chi connectivity index (χ1n) is 7.06. The van der Waals surface area contributed by atoms with Crippen molar-refractivity contribution < 1.29 is 0 Å². The lowest BCUT2D eigenvalue weighted by molar-refractivity contribution is 0.550. The molecule has 0 aliphatic carbocycles. The van der Waals surface area contributed by atoms with Gasteiger partial charge in [0.2, 0.25) is 0 Å². The second-order valence-corrected chi connectivity index (χ2v) is 5.72. The van der Waals surface area contributed by atoms with Crippen molar-refractivity contribution in [1.29, 1.82) is 0 Å². The van der Waals surface area contributed by atoms with Crippen molar-refractivity contribution in [3.8, 4) is 0 Å². The molecule has 2 rings (SSSR count). The number of hydrogen-bond acceptors (Lipinski definition) is 4. The summed E-state index contributed by atoms with van der Waals surface area (Å²) in [5, 5.41) is 16.2. The lowest BCUT2D eigenvalue weighted by atomic mass is 10.2. The third kappa shape index (κ3) is 3.45. The smallest absolute Gasteiger partial charge is 0.104 e. The average molecular weight is 276 g/mol. The predicted octanol–water partition coefficient (Wildman–Crippen LogP) is 1.42. The Bertz CT molecular complexity index is 566. The molecule has 110 valence electrons. The first-order valence-corrected chi connectivity index (χ1v) is 7.06. The number of rotatable bonds is 6. The molecule has 0 spiro atoms. The number of nitrogens with zero attached hydrogens (tertiary/aromatic N) is 5. The SMILES string of the molecule is Cc1nn(Cc2cn(C)nn2)c(C)c1CNCC(C)C. The van der Waals surface area contributed by atoms with Gasteiger partial charge in [-0.05, 0) is 26.3 Å². The van der Waals surface area contributed by atoms with Crippen LogP contribution >= 0.6 is 0 Å². The Labute approximate surface area is 120 Å². The molecular weight excluding hydrogens is 252 g/mol. The number of hydrogen-bond donors (Lipinski definition) is 1. The third-order valence-corrected chi connectivity index (χ3v) is 3.35. The zero-order valence-corrected chi connectivity index (χ0v) is 13.0. The first kappa shape index (κ1) is 14.7. The summed E-state index contributed by atoms with van der Waals surface area (Å²) < 4.78 is 3.72. The molecule has 2 aromatic heterocycles. The largest absolute Gasteiger partial charge is 0.312 e. The lowest BCUT2D eigenvalue weighted by Gasteiger charge is -2.08. The van der Waals surface area contributed by atoms with Crippen LogP contribution in [0.15, 0.2) is 6.20 Å². The van der Waals surface area contributed by atoms with Crippen molar-refractivity contribution in [2.45, 2.75) is 40.8 Å². The van der Waals surface area contributed by atoms with Crippen LogP contribution in [0, 0.1) is 19.8 Å².